The Kier molecular flexibility index (Phi) is 4.41. The number of nitrogens with zero attached hydrogens (tertiary/aromatic N) is 2. The molecule has 108 valence electrons. The number of aryl methyl sites for hydroxylation is 1. The van der Waals surface area contributed by atoms with Crippen LogP contribution in [0.15, 0.2) is 41.4 Å². The van der Waals surface area contributed by atoms with Gasteiger partial charge in [-0.2, -0.15) is 0 Å². The number of aromatic nitrogens is 2. The molecule has 0 radical (unpaired) electrons. The standard InChI is InChI=1S/C16H17N3S2/c1-3-12-9-13-14(18-16(17-2)19-15(13)21-12)20-10-11-7-5-4-6-8-11/h4-9H,3,10H2,1-2H3,(H,17,18,19). The van der Waals surface area contributed by atoms with Gasteiger partial charge in [0.05, 0.1) is 0 Å². The summed E-state index contributed by atoms with van der Waals surface area (Å²) in [5, 5.41) is 5.29. The van der Waals surface area contributed by atoms with Gasteiger partial charge >= 0.3 is 0 Å². The van der Waals surface area contributed by atoms with Crippen LogP contribution in [0.5, 0.6) is 0 Å². The van der Waals surface area contributed by atoms with E-state index in [1.807, 2.05) is 13.1 Å². The summed E-state index contributed by atoms with van der Waals surface area (Å²) in [5.41, 5.74) is 1.31. The van der Waals surface area contributed by atoms with Gasteiger partial charge in [-0.25, -0.2) is 9.97 Å². The molecule has 0 saturated carbocycles. The molecule has 0 saturated heterocycles. The summed E-state index contributed by atoms with van der Waals surface area (Å²) in [6, 6.07) is 12.7. The number of fused-ring (bicyclic) bond motifs is 1. The Hall–Kier alpha value is -1.59. The summed E-state index contributed by atoms with van der Waals surface area (Å²) in [5.74, 6) is 1.62. The topological polar surface area (TPSA) is 37.8 Å². The van der Waals surface area contributed by atoms with E-state index >= 15 is 0 Å². The van der Waals surface area contributed by atoms with Crippen LogP contribution in [-0.2, 0) is 12.2 Å². The van der Waals surface area contributed by atoms with E-state index in [4.69, 9.17) is 0 Å². The summed E-state index contributed by atoms with van der Waals surface area (Å²) in [6.07, 6.45) is 1.04. The average Bonchev–Trinajstić information content (AvgIpc) is 2.96. The van der Waals surface area contributed by atoms with Crippen LogP contribution < -0.4 is 5.32 Å². The highest BCUT2D eigenvalue weighted by Crippen LogP contribution is 2.34. The third kappa shape index (κ3) is 3.19. The number of thiophene rings is 1. The van der Waals surface area contributed by atoms with Crippen molar-refractivity contribution in [1.82, 2.24) is 9.97 Å². The molecular formula is C16H17N3S2. The second kappa shape index (κ2) is 6.45. The molecule has 0 atom stereocenters. The first-order chi connectivity index (χ1) is 10.3. The molecule has 1 N–H and O–H groups in total. The monoisotopic (exact) mass is 315 g/mol. The van der Waals surface area contributed by atoms with Crippen molar-refractivity contribution in [2.24, 2.45) is 0 Å². The molecule has 0 amide bonds. The Morgan fingerprint density at radius 1 is 1.19 bits per heavy atom. The van der Waals surface area contributed by atoms with Crippen LogP contribution in [-0.4, -0.2) is 17.0 Å². The predicted molar refractivity (Wildman–Crippen MR) is 92.3 cm³/mol. The summed E-state index contributed by atoms with van der Waals surface area (Å²) in [7, 11) is 1.86. The van der Waals surface area contributed by atoms with Gasteiger partial charge in [-0.05, 0) is 18.1 Å². The van der Waals surface area contributed by atoms with Gasteiger partial charge in [0, 0.05) is 23.1 Å². The quantitative estimate of drug-likeness (QED) is 0.552. The van der Waals surface area contributed by atoms with Crippen molar-refractivity contribution < 1.29 is 0 Å². The van der Waals surface area contributed by atoms with Gasteiger partial charge in [0.2, 0.25) is 5.95 Å². The van der Waals surface area contributed by atoms with Crippen molar-refractivity contribution in [1.29, 1.82) is 0 Å². The molecule has 2 aromatic heterocycles. The van der Waals surface area contributed by atoms with Crippen LogP contribution in [0.4, 0.5) is 5.95 Å². The van der Waals surface area contributed by atoms with E-state index in [1.165, 1.54) is 15.8 Å². The van der Waals surface area contributed by atoms with Gasteiger partial charge in [-0.1, -0.05) is 37.3 Å². The fraction of sp³-hybridized carbons (Fsp3) is 0.250. The van der Waals surface area contributed by atoms with Gasteiger partial charge in [0.25, 0.3) is 0 Å². The second-order valence-corrected chi connectivity index (χ2v) is 6.74. The largest absolute Gasteiger partial charge is 0.357 e. The number of rotatable bonds is 5. The van der Waals surface area contributed by atoms with Crippen LogP contribution in [0.1, 0.15) is 17.4 Å². The molecule has 3 aromatic rings. The Balaban J connectivity index is 1.94. The van der Waals surface area contributed by atoms with Crippen molar-refractivity contribution in [3.8, 4) is 0 Å². The van der Waals surface area contributed by atoms with Crippen LogP contribution >= 0.6 is 23.1 Å². The summed E-state index contributed by atoms with van der Waals surface area (Å²) in [4.78, 5) is 11.6. The van der Waals surface area contributed by atoms with Crippen molar-refractivity contribution in [3.63, 3.8) is 0 Å². The van der Waals surface area contributed by atoms with Gasteiger partial charge in [-0.3, -0.25) is 0 Å². The first-order valence-corrected chi connectivity index (χ1v) is 8.75. The molecule has 0 fully saturated rings. The van der Waals surface area contributed by atoms with Crippen molar-refractivity contribution in [2.45, 2.75) is 24.1 Å². The highest BCUT2D eigenvalue weighted by atomic mass is 32.2. The van der Waals surface area contributed by atoms with E-state index in [0.717, 1.165) is 22.0 Å². The van der Waals surface area contributed by atoms with Gasteiger partial charge in [0.15, 0.2) is 0 Å². The molecule has 3 rings (SSSR count). The molecule has 2 heterocycles. The molecule has 0 aliphatic carbocycles. The third-order valence-electron chi connectivity index (χ3n) is 3.20. The number of anilines is 1. The summed E-state index contributed by atoms with van der Waals surface area (Å²) >= 11 is 3.53. The molecule has 0 spiro atoms. The normalized spacial score (nSPS) is 11.0. The van der Waals surface area contributed by atoms with Crippen LogP contribution in [0, 0.1) is 0 Å². The number of hydrogen-bond acceptors (Lipinski definition) is 5. The van der Waals surface area contributed by atoms with Crippen molar-refractivity contribution in [2.75, 3.05) is 12.4 Å². The Bertz CT molecular complexity index is 738. The maximum Gasteiger partial charge on any atom is 0.224 e. The van der Waals surface area contributed by atoms with Crippen LogP contribution in [0.25, 0.3) is 10.2 Å². The molecule has 3 nitrogen and oxygen atoms in total. The first-order valence-electron chi connectivity index (χ1n) is 6.95. The zero-order valence-electron chi connectivity index (χ0n) is 12.1. The Morgan fingerprint density at radius 2 is 2.00 bits per heavy atom. The van der Waals surface area contributed by atoms with Crippen LogP contribution in [0.2, 0.25) is 0 Å². The summed E-state index contributed by atoms with van der Waals surface area (Å²) in [6.45, 7) is 2.17. The minimum atomic E-state index is 0.697. The number of benzene rings is 1. The lowest BCUT2D eigenvalue weighted by molar-refractivity contribution is 1.10. The van der Waals surface area contributed by atoms with Gasteiger partial charge < -0.3 is 5.32 Å². The fourth-order valence-corrected chi connectivity index (χ4v) is 4.06. The third-order valence-corrected chi connectivity index (χ3v) is 5.43. The fourth-order valence-electron chi connectivity index (χ4n) is 2.07. The Morgan fingerprint density at radius 3 is 2.71 bits per heavy atom. The molecule has 0 aliphatic rings. The summed E-state index contributed by atoms with van der Waals surface area (Å²) < 4.78 is 0. The SMILES string of the molecule is CCc1cc2c(SCc3ccccc3)nc(NC)nc2s1. The maximum absolute atomic E-state index is 4.63. The second-order valence-electron chi connectivity index (χ2n) is 4.66. The van der Waals surface area contributed by atoms with Gasteiger partial charge in [-0.15, -0.1) is 23.1 Å². The maximum atomic E-state index is 4.63. The molecule has 5 heteroatoms. The van der Waals surface area contributed by atoms with E-state index in [9.17, 15) is 0 Å². The van der Waals surface area contributed by atoms with E-state index in [1.54, 1.807) is 23.1 Å². The minimum Gasteiger partial charge on any atom is -0.357 e. The van der Waals surface area contributed by atoms with Gasteiger partial charge in [0.1, 0.15) is 9.86 Å². The predicted octanol–water partition coefficient (Wildman–Crippen LogP) is 4.59. The van der Waals surface area contributed by atoms with E-state index in [-0.39, 0.29) is 0 Å². The first kappa shape index (κ1) is 14.4. The lowest BCUT2D eigenvalue weighted by Crippen LogP contribution is -1.97. The smallest absolute Gasteiger partial charge is 0.224 e. The molecular weight excluding hydrogens is 298 g/mol. The molecule has 0 unspecified atom stereocenters. The van der Waals surface area contributed by atoms with Crippen molar-refractivity contribution >= 4 is 39.3 Å². The van der Waals surface area contributed by atoms with E-state index in [2.05, 4.69) is 52.5 Å². The number of thioether (sulfide) groups is 1. The average molecular weight is 315 g/mol. The van der Waals surface area contributed by atoms with Crippen molar-refractivity contribution in [3.05, 3.63) is 46.8 Å². The molecule has 1 aromatic carbocycles. The zero-order chi connectivity index (χ0) is 14.7. The minimum absolute atomic E-state index is 0.697. The number of hydrogen-bond donors (Lipinski definition) is 1. The highest BCUT2D eigenvalue weighted by Gasteiger charge is 2.11. The molecule has 0 bridgehead atoms. The zero-order valence-corrected chi connectivity index (χ0v) is 13.7. The molecule has 0 aliphatic heterocycles. The lowest BCUT2D eigenvalue weighted by atomic mass is 10.2. The lowest BCUT2D eigenvalue weighted by Gasteiger charge is -2.05. The van der Waals surface area contributed by atoms with Crippen LogP contribution in [0.3, 0.4) is 0 Å². The number of nitrogens with one attached hydrogen (secondary N) is 1. The van der Waals surface area contributed by atoms with E-state index in [0.29, 0.717) is 5.95 Å². The highest BCUT2D eigenvalue weighted by molar-refractivity contribution is 7.98. The van der Waals surface area contributed by atoms with E-state index < -0.39 is 0 Å². The Labute approximate surface area is 132 Å². The molecule has 21 heavy (non-hydrogen) atoms.